The van der Waals surface area contributed by atoms with Crippen LogP contribution in [0.5, 0.6) is 0 Å². The van der Waals surface area contributed by atoms with Crippen LogP contribution < -0.4 is 11.3 Å². The van der Waals surface area contributed by atoms with E-state index in [4.69, 9.17) is 5.84 Å². The fourth-order valence-corrected chi connectivity index (χ4v) is 3.77. The van der Waals surface area contributed by atoms with Crippen molar-refractivity contribution in [3.63, 3.8) is 0 Å². The van der Waals surface area contributed by atoms with Gasteiger partial charge in [0, 0.05) is 6.54 Å². The number of rotatable bonds is 6. The molecule has 1 heterocycles. The minimum atomic E-state index is 0.173. The van der Waals surface area contributed by atoms with Gasteiger partial charge in [0.1, 0.15) is 0 Å². The molecule has 2 rings (SSSR count). The van der Waals surface area contributed by atoms with Crippen LogP contribution >= 0.6 is 15.9 Å². The maximum Gasteiger partial charge on any atom is 0.0712 e. The summed E-state index contributed by atoms with van der Waals surface area (Å²) in [7, 11) is 4.16. The largest absolute Gasteiger partial charge is 0.308 e. The van der Waals surface area contributed by atoms with Crippen LogP contribution in [0.15, 0.2) is 10.7 Å². The van der Waals surface area contributed by atoms with Crippen molar-refractivity contribution in [2.45, 2.75) is 38.8 Å². The lowest BCUT2D eigenvalue weighted by Crippen LogP contribution is -2.37. The molecule has 1 aliphatic carbocycles. The number of hydrazine groups is 1. The molecule has 0 radical (unpaired) electrons. The third kappa shape index (κ3) is 3.42. The standard InChI is InChI=1S/C14H26BrN5/c1-10-5-4-6-11(10)13(18-16)14-12(15)9-17-20(14)8-7-19(2)3/h9-11,13,18H,4-8,16H2,1-3H3. The summed E-state index contributed by atoms with van der Waals surface area (Å²) >= 11 is 3.64. The first kappa shape index (κ1) is 15.9. The summed E-state index contributed by atoms with van der Waals surface area (Å²) in [5.41, 5.74) is 4.23. The predicted octanol–water partition coefficient (Wildman–Crippen LogP) is 2.15. The number of nitrogens with zero attached hydrogens (tertiary/aromatic N) is 3. The second-order valence-electron chi connectivity index (χ2n) is 6.12. The van der Waals surface area contributed by atoms with Crippen LogP contribution in [-0.4, -0.2) is 35.3 Å². The van der Waals surface area contributed by atoms with E-state index in [-0.39, 0.29) is 6.04 Å². The van der Waals surface area contributed by atoms with Gasteiger partial charge in [-0.05, 0) is 48.3 Å². The van der Waals surface area contributed by atoms with E-state index in [1.54, 1.807) is 0 Å². The molecule has 0 saturated heterocycles. The van der Waals surface area contributed by atoms with E-state index in [2.05, 4.69) is 57.1 Å². The molecule has 1 aliphatic rings. The van der Waals surface area contributed by atoms with Gasteiger partial charge in [-0.2, -0.15) is 5.10 Å². The second kappa shape index (κ2) is 7.02. The summed E-state index contributed by atoms with van der Waals surface area (Å²) in [6.07, 6.45) is 5.72. The molecule has 0 aromatic carbocycles. The van der Waals surface area contributed by atoms with Crippen LogP contribution in [0.4, 0.5) is 0 Å². The fraction of sp³-hybridized carbons (Fsp3) is 0.786. The normalized spacial score (nSPS) is 24.5. The molecule has 0 aliphatic heterocycles. The zero-order chi connectivity index (χ0) is 14.7. The Morgan fingerprint density at radius 3 is 2.85 bits per heavy atom. The zero-order valence-electron chi connectivity index (χ0n) is 12.6. The minimum absolute atomic E-state index is 0.173. The third-order valence-electron chi connectivity index (χ3n) is 4.42. The van der Waals surface area contributed by atoms with Crippen molar-refractivity contribution in [1.82, 2.24) is 20.1 Å². The van der Waals surface area contributed by atoms with Crippen LogP contribution in [0.1, 0.15) is 37.9 Å². The molecule has 1 fully saturated rings. The molecular formula is C14H26BrN5. The highest BCUT2D eigenvalue weighted by Crippen LogP contribution is 2.41. The highest BCUT2D eigenvalue weighted by Gasteiger charge is 2.34. The Morgan fingerprint density at radius 2 is 2.30 bits per heavy atom. The van der Waals surface area contributed by atoms with Crippen molar-refractivity contribution >= 4 is 15.9 Å². The van der Waals surface area contributed by atoms with Gasteiger partial charge < -0.3 is 4.90 Å². The van der Waals surface area contributed by atoms with Crippen molar-refractivity contribution in [2.75, 3.05) is 20.6 Å². The van der Waals surface area contributed by atoms with Gasteiger partial charge in [-0.3, -0.25) is 16.0 Å². The Bertz CT molecular complexity index is 431. The Labute approximate surface area is 130 Å². The first-order valence-corrected chi connectivity index (χ1v) is 8.16. The molecule has 0 amide bonds. The topological polar surface area (TPSA) is 59.1 Å². The summed E-state index contributed by atoms with van der Waals surface area (Å²) in [5.74, 6) is 7.17. The summed E-state index contributed by atoms with van der Waals surface area (Å²) < 4.78 is 3.14. The van der Waals surface area contributed by atoms with Gasteiger partial charge in [-0.15, -0.1) is 0 Å². The maximum atomic E-state index is 5.88. The number of hydrogen-bond donors (Lipinski definition) is 2. The van der Waals surface area contributed by atoms with Crippen LogP contribution in [0, 0.1) is 11.8 Å². The van der Waals surface area contributed by atoms with Gasteiger partial charge in [0.15, 0.2) is 0 Å². The van der Waals surface area contributed by atoms with E-state index in [1.807, 2.05) is 6.20 Å². The molecule has 6 heteroatoms. The fourth-order valence-electron chi connectivity index (χ4n) is 3.23. The molecule has 0 bridgehead atoms. The van der Waals surface area contributed by atoms with Crippen molar-refractivity contribution in [3.8, 4) is 0 Å². The highest BCUT2D eigenvalue weighted by atomic mass is 79.9. The molecule has 1 aromatic rings. The van der Waals surface area contributed by atoms with Gasteiger partial charge in [0.25, 0.3) is 0 Å². The molecule has 1 aromatic heterocycles. The Hall–Kier alpha value is -0.430. The predicted molar refractivity (Wildman–Crippen MR) is 85.1 cm³/mol. The lowest BCUT2D eigenvalue weighted by atomic mass is 9.88. The van der Waals surface area contributed by atoms with Gasteiger partial charge in [0.2, 0.25) is 0 Å². The lowest BCUT2D eigenvalue weighted by Gasteiger charge is -2.27. The molecule has 3 N–H and O–H groups in total. The summed E-state index contributed by atoms with van der Waals surface area (Å²) in [5, 5.41) is 4.50. The van der Waals surface area contributed by atoms with E-state index in [1.165, 1.54) is 25.0 Å². The third-order valence-corrected chi connectivity index (χ3v) is 5.03. The second-order valence-corrected chi connectivity index (χ2v) is 6.97. The van der Waals surface area contributed by atoms with Gasteiger partial charge >= 0.3 is 0 Å². The van der Waals surface area contributed by atoms with Crippen molar-refractivity contribution in [3.05, 3.63) is 16.4 Å². The molecule has 5 nitrogen and oxygen atoms in total. The van der Waals surface area contributed by atoms with Gasteiger partial charge in [-0.25, -0.2) is 0 Å². The Balaban J connectivity index is 2.22. The number of aromatic nitrogens is 2. The Morgan fingerprint density at radius 1 is 1.55 bits per heavy atom. The van der Waals surface area contributed by atoms with Crippen LogP contribution in [0.25, 0.3) is 0 Å². The number of likely N-dealkylation sites (N-methyl/N-ethyl adjacent to an activating group) is 1. The van der Waals surface area contributed by atoms with Crippen LogP contribution in [0.3, 0.4) is 0 Å². The molecule has 0 spiro atoms. The van der Waals surface area contributed by atoms with Crippen LogP contribution in [-0.2, 0) is 6.54 Å². The highest BCUT2D eigenvalue weighted by molar-refractivity contribution is 9.10. The van der Waals surface area contributed by atoms with E-state index in [9.17, 15) is 0 Å². The molecule has 114 valence electrons. The quantitative estimate of drug-likeness (QED) is 0.613. The zero-order valence-corrected chi connectivity index (χ0v) is 14.2. The first-order valence-electron chi connectivity index (χ1n) is 7.36. The lowest BCUT2D eigenvalue weighted by molar-refractivity contribution is 0.283. The number of nitrogens with two attached hydrogens (primary N) is 1. The number of halogens is 1. The summed E-state index contributed by atoms with van der Waals surface area (Å²) in [6.45, 7) is 4.18. The van der Waals surface area contributed by atoms with Gasteiger partial charge in [0.05, 0.1) is 29.0 Å². The molecule has 3 atom stereocenters. The smallest absolute Gasteiger partial charge is 0.0712 e. The van der Waals surface area contributed by atoms with E-state index < -0.39 is 0 Å². The molecular weight excluding hydrogens is 318 g/mol. The summed E-state index contributed by atoms with van der Waals surface area (Å²) in [4.78, 5) is 2.17. The first-order chi connectivity index (χ1) is 9.54. The molecule has 3 unspecified atom stereocenters. The average molecular weight is 344 g/mol. The monoisotopic (exact) mass is 343 g/mol. The van der Waals surface area contributed by atoms with Crippen LogP contribution in [0.2, 0.25) is 0 Å². The number of hydrogen-bond acceptors (Lipinski definition) is 4. The van der Waals surface area contributed by atoms with E-state index in [0.717, 1.165) is 17.6 Å². The van der Waals surface area contributed by atoms with Crippen molar-refractivity contribution in [2.24, 2.45) is 17.7 Å². The van der Waals surface area contributed by atoms with E-state index >= 15 is 0 Å². The van der Waals surface area contributed by atoms with Gasteiger partial charge in [-0.1, -0.05) is 19.8 Å². The maximum absolute atomic E-state index is 5.88. The number of nitrogens with one attached hydrogen (secondary N) is 1. The minimum Gasteiger partial charge on any atom is -0.308 e. The van der Waals surface area contributed by atoms with E-state index in [0.29, 0.717) is 11.8 Å². The SMILES string of the molecule is CC1CCCC1C(NN)c1c(Br)cnn1CCN(C)C. The Kier molecular flexibility index (Phi) is 5.60. The van der Waals surface area contributed by atoms with Crippen molar-refractivity contribution in [1.29, 1.82) is 0 Å². The average Bonchev–Trinajstić information content (AvgIpc) is 2.97. The molecule has 20 heavy (non-hydrogen) atoms. The summed E-state index contributed by atoms with van der Waals surface area (Å²) in [6, 6.07) is 0.173. The molecule has 1 saturated carbocycles. The van der Waals surface area contributed by atoms with Crippen molar-refractivity contribution < 1.29 is 0 Å².